The van der Waals surface area contributed by atoms with Gasteiger partial charge in [0.1, 0.15) is 11.7 Å². The second kappa shape index (κ2) is 5.35. The standard InChI is InChI=1S/C12H15NO2/c1-13(2)9-11-8-10(4-3-7-14)5-6-12(11)15/h3,5-6,8,15H,4,9H2,1-2H3. The molecule has 3 nitrogen and oxygen atoms in total. The summed E-state index contributed by atoms with van der Waals surface area (Å²) in [7, 11) is 3.88. The zero-order valence-corrected chi connectivity index (χ0v) is 9.03. The van der Waals surface area contributed by atoms with Crippen molar-refractivity contribution >= 4 is 5.94 Å². The molecule has 0 saturated heterocycles. The summed E-state index contributed by atoms with van der Waals surface area (Å²) in [4.78, 5) is 12.1. The van der Waals surface area contributed by atoms with Gasteiger partial charge in [0.15, 0.2) is 0 Å². The summed E-state index contributed by atoms with van der Waals surface area (Å²) in [6, 6.07) is 5.37. The van der Waals surface area contributed by atoms with Crippen molar-refractivity contribution in [2.75, 3.05) is 14.1 Å². The Morgan fingerprint density at radius 3 is 2.80 bits per heavy atom. The summed E-state index contributed by atoms with van der Waals surface area (Å²) in [6.07, 6.45) is 2.00. The molecule has 0 spiro atoms. The first-order valence-corrected chi connectivity index (χ1v) is 4.78. The van der Waals surface area contributed by atoms with Crippen LogP contribution in [0.3, 0.4) is 0 Å². The number of phenols is 1. The molecule has 1 rings (SSSR count). The molecule has 1 N–H and O–H groups in total. The maximum absolute atomic E-state index is 10.1. The lowest BCUT2D eigenvalue weighted by Gasteiger charge is -2.12. The minimum Gasteiger partial charge on any atom is -0.508 e. The Balaban J connectivity index is 2.89. The van der Waals surface area contributed by atoms with E-state index in [1.807, 2.05) is 31.1 Å². The second-order valence-corrected chi connectivity index (χ2v) is 3.73. The van der Waals surface area contributed by atoms with Gasteiger partial charge in [-0.2, -0.15) is 0 Å². The number of allylic oxidation sites excluding steroid dienone is 1. The third-order valence-electron chi connectivity index (χ3n) is 2.05. The Kier molecular flexibility index (Phi) is 4.10. The molecule has 0 heterocycles. The smallest absolute Gasteiger partial charge is 0.120 e. The number of nitrogens with zero attached hydrogens (tertiary/aromatic N) is 1. The predicted molar refractivity (Wildman–Crippen MR) is 59.5 cm³/mol. The van der Waals surface area contributed by atoms with Crippen molar-refractivity contribution in [1.82, 2.24) is 4.90 Å². The molecule has 0 aliphatic rings. The number of hydrogen-bond acceptors (Lipinski definition) is 3. The van der Waals surface area contributed by atoms with Gasteiger partial charge in [0.2, 0.25) is 0 Å². The van der Waals surface area contributed by atoms with Gasteiger partial charge in [-0.3, -0.25) is 0 Å². The van der Waals surface area contributed by atoms with E-state index in [0.717, 1.165) is 11.1 Å². The molecule has 3 heteroatoms. The third kappa shape index (κ3) is 3.58. The van der Waals surface area contributed by atoms with Gasteiger partial charge in [-0.25, -0.2) is 4.79 Å². The lowest BCUT2D eigenvalue weighted by atomic mass is 10.1. The molecule has 15 heavy (non-hydrogen) atoms. The minimum absolute atomic E-state index is 0.294. The Hall–Kier alpha value is -1.57. The number of aromatic hydroxyl groups is 1. The summed E-state index contributed by atoms with van der Waals surface area (Å²) in [5.74, 6) is 2.04. The summed E-state index contributed by atoms with van der Waals surface area (Å²) in [5, 5.41) is 9.60. The molecule has 0 fully saturated rings. The predicted octanol–water partition coefficient (Wildman–Crippen LogP) is 1.38. The molecular formula is C12H15NO2. The molecule has 0 aliphatic heterocycles. The van der Waals surface area contributed by atoms with Gasteiger partial charge in [-0.1, -0.05) is 12.1 Å². The lowest BCUT2D eigenvalue weighted by molar-refractivity contribution is 0.385. The molecule has 0 atom stereocenters. The quantitative estimate of drug-likeness (QED) is 0.755. The normalized spacial score (nSPS) is 10.1. The maximum atomic E-state index is 10.1. The van der Waals surface area contributed by atoms with Crippen LogP contribution in [0.15, 0.2) is 24.3 Å². The van der Waals surface area contributed by atoms with E-state index in [0.29, 0.717) is 18.7 Å². The molecule has 0 aromatic heterocycles. The molecular weight excluding hydrogens is 190 g/mol. The fourth-order valence-electron chi connectivity index (χ4n) is 1.39. The SMILES string of the molecule is CN(C)Cc1cc(CC=C=O)ccc1O. The molecule has 0 aliphatic carbocycles. The van der Waals surface area contributed by atoms with Gasteiger partial charge in [0, 0.05) is 24.6 Å². The van der Waals surface area contributed by atoms with E-state index in [4.69, 9.17) is 0 Å². The van der Waals surface area contributed by atoms with Crippen LogP contribution in [0.2, 0.25) is 0 Å². The molecule has 0 saturated carbocycles. The number of rotatable bonds is 4. The van der Waals surface area contributed by atoms with Crippen LogP contribution < -0.4 is 0 Å². The van der Waals surface area contributed by atoms with Gasteiger partial charge in [0.05, 0.1) is 0 Å². The van der Waals surface area contributed by atoms with E-state index in [-0.39, 0.29) is 0 Å². The highest BCUT2D eigenvalue weighted by Crippen LogP contribution is 2.19. The van der Waals surface area contributed by atoms with E-state index >= 15 is 0 Å². The Bertz CT molecular complexity index is 379. The first-order chi connectivity index (χ1) is 7.13. The largest absolute Gasteiger partial charge is 0.508 e. The summed E-state index contributed by atoms with van der Waals surface area (Å²) < 4.78 is 0. The van der Waals surface area contributed by atoms with Crippen LogP contribution in [-0.4, -0.2) is 30.0 Å². The van der Waals surface area contributed by atoms with Gasteiger partial charge in [-0.05, 0) is 25.7 Å². The maximum Gasteiger partial charge on any atom is 0.120 e. The fraction of sp³-hybridized carbons (Fsp3) is 0.333. The number of phenolic OH excluding ortho intramolecular Hbond substituents is 1. The minimum atomic E-state index is 0.294. The van der Waals surface area contributed by atoms with Gasteiger partial charge < -0.3 is 10.0 Å². The molecule has 0 amide bonds. The Morgan fingerprint density at radius 1 is 1.47 bits per heavy atom. The van der Waals surface area contributed by atoms with E-state index < -0.39 is 0 Å². The van der Waals surface area contributed by atoms with Crippen LogP contribution >= 0.6 is 0 Å². The molecule has 0 radical (unpaired) electrons. The number of benzene rings is 1. The molecule has 0 unspecified atom stereocenters. The van der Waals surface area contributed by atoms with Gasteiger partial charge in [0.25, 0.3) is 0 Å². The van der Waals surface area contributed by atoms with Crippen LogP contribution in [0.25, 0.3) is 0 Å². The second-order valence-electron chi connectivity index (χ2n) is 3.73. The monoisotopic (exact) mass is 205 g/mol. The molecule has 80 valence electrons. The highest BCUT2D eigenvalue weighted by Gasteiger charge is 2.03. The van der Waals surface area contributed by atoms with Crippen molar-refractivity contribution in [3.05, 3.63) is 35.4 Å². The van der Waals surface area contributed by atoms with E-state index in [2.05, 4.69) is 0 Å². The Labute approximate surface area is 89.6 Å². The van der Waals surface area contributed by atoms with Crippen molar-refractivity contribution in [3.8, 4) is 5.75 Å². The van der Waals surface area contributed by atoms with Crippen LogP contribution in [0.5, 0.6) is 5.75 Å². The Morgan fingerprint density at radius 2 is 2.20 bits per heavy atom. The third-order valence-corrected chi connectivity index (χ3v) is 2.05. The summed E-state index contributed by atoms with van der Waals surface area (Å²) in [5.41, 5.74) is 1.88. The van der Waals surface area contributed by atoms with Gasteiger partial charge in [-0.15, -0.1) is 0 Å². The van der Waals surface area contributed by atoms with Crippen LogP contribution in [0.4, 0.5) is 0 Å². The van der Waals surface area contributed by atoms with Crippen molar-refractivity contribution in [2.24, 2.45) is 0 Å². The van der Waals surface area contributed by atoms with Crippen molar-refractivity contribution < 1.29 is 9.90 Å². The van der Waals surface area contributed by atoms with Gasteiger partial charge >= 0.3 is 0 Å². The van der Waals surface area contributed by atoms with Crippen LogP contribution in [0, 0.1) is 0 Å². The highest BCUT2D eigenvalue weighted by molar-refractivity contribution is 5.47. The van der Waals surface area contributed by atoms with E-state index in [1.165, 1.54) is 6.08 Å². The van der Waals surface area contributed by atoms with Crippen molar-refractivity contribution in [2.45, 2.75) is 13.0 Å². The van der Waals surface area contributed by atoms with Crippen LogP contribution in [-0.2, 0) is 17.8 Å². The molecule has 0 bridgehead atoms. The highest BCUT2D eigenvalue weighted by atomic mass is 16.3. The number of carbonyl (C=O) groups excluding carboxylic acids is 1. The first-order valence-electron chi connectivity index (χ1n) is 4.78. The summed E-state index contributed by atoms with van der Waals surface area (Å²) >= 11 is 0. The zero-order valence-electron chi connectivity index (χ0n) is 9.03. The lowest BCUT2D eigenvalue weighted by Crippen LogP contribution is -2.10. The van der Waals surface area contributed by atoms with Crippen molar-refractivity contribution in [3.63, 3.8) is 0 Å². The van der Waals surface area contributed by atoms with Crippen LogP contribution in [0.1, 0.15) is 11.1 Å². The molecule has 1 aromatic carbocycles. The summed E-state index contributed by atoms with van der Waals surface area (Å²) in [6.45, 7) is 0.685. The molecule has 1 aromatic rings. The van der Waals surface area contributed by atoms with E-state index in [9.17, 15) is 9.90 Å². The average Bonchev–Trinajstić information content (AvgIpc) is 2.18. The fourth-order valence-corrected chi connectivity index (χ4v) is 1.39. The number of hydrogen-bond donors (Lipinski definition) is 1. The first kappa shape index (κ1) is 11.5. The average molecular weight is 205 g/mol. The van der Waals surface area contributed by atoms with E-state index in [1.54, 1.807) is 12.0 Å². The van der Waals surface area contributed by atoms with Crippen molar-refractivity contribution in [1.29, 1.82) is 0 Å². The zero-order chi connectivity index (χ0) is 11.3. The topological polar surface area (TPSA) is 40.5 Å².